The number of carbonyl (C=O) groups excluding carboxylic acids is 2. The van der Waals surface area contributed by atoms with Crippen LogP contribution in [0.4, 0.5) is 11.4 Å². The van der Waals surface area contributed by atoms with Crippen molar-refractivity contribution in [2.45, 2.75) is 5.22 Å². The van der Waals surface area contributed by atoms with Crippen LogP contribution in [-0.4, -0.2) is 53.6 Å². The third kappa shape index (κ3) is 5.07. The summed E-state index contributed by atoms with van der Waals surface area (Å²) in [4.78, 5) is 33.5. The molecule has 0 radical (unpaired) electrons. The van der Waals surface area contributed by atoms with Crippen molar-refractivity contribution >= 4 is 46.1 Å². The molecule has 1 saturated heterocycles. The Morgan fingerprint density at radius 2 is 1.59 bits per heavy atom. The summed E-state index contributed by atoms with van der Waals surface area (Å²) in [5.74, 6) is 0.175. The number of fused-ring (bicyclic) bond motifs is 1. The number of hydrogen-bond acceptors (Lipinski definition) is 6. The van der Waals surface area contributed by atoms with E-state index in [1.54, 1.807) is 0 Å². The van der Waals surface area contributed by atoms with E-state index >= 15 is 0 Å². The van der Waals surface area contributed by atoms with Crippen LogP contribution in [0.25, 0.3) is 11.1 Å². The lowest BCUT2D eigenvalue weighted by Gasteiger charge is -2.36. The standard InChI is InChI=1S/C26H24N4O3S/c31-24(18-34-26-28-22-8-4-5-9-23(22)33-26)27-20-10-12-21(13-11-20)29-14-16-30(17-15-29)25(32)19-6-2-1-3-7-19/h1-13H,14-18H2,(H,27,31). The molecule has 1 aromatic heterocycles. The fourth-order valence-electron chi connectivity index (χ4n) is 3.92. The maximum atomic E-state index is 12.6. The molecule has 3 aromatic carbocycles. The van der Waals surface area contributed by atoms with Gasteiger partial charge in [-0.05, 0) is 48.5 Å². The summed E-state index contributed by atoms with van der Waals surface area (Å²) in [7, 11) is 0. The monoisotopic (exact) mass is 472 g/mol. The summed E-state index contributed by atoms with van der Waals surface area (Å²) < 4.78 is 5.64. The van der Waals surface area contributed by atoms with Crippen LogP contribution in [0.1, 0.15) is 10.4 Å². The Bertz CT molecular complexity index is 1250. The average Bonchev–Trinajstić information content (AvgIpc) is 3.31. The Labute approximate surface area is 201 Å². The Kier molecular flexibility index (Phi) is 6.49. The van der Waals surface area contributed by atoms with E-state index in [0.717, 1.165) is 35.5 Å². The maximum absolute atomic E-state index is 12.6. The first kappa shape index (κ1) is 22.0. The van der Waals surface area contributed by atoms with Gasteiger partial charge in [0.05, 0.1) is 5.75 Å². The SMILES string of the molecule is O=C(CSc1nc2ccccc2o1)Nc1ccc(N2CCN(C(=O)c3ccccc3)CC2)cc1. The second-order valence-corrected chi connectivity index (χ2v) is 8.90. The minimum atomic E-state index is -0.118. The number of hydrogen-bond donors (Lipinski definition) is 1. The Hall–Kier alpha value is -3.78. The van der Waals surface area contributed by atoms with Crippen LogP contribution >= 0.6 is 11.8 Å². The van der Waals surface area contributed by atoms with Gasteiger partial charge in [-0.1, -0.05) is 42.1 Å². The lowest BCUT2D eigenvalue weighted by Crippen LogP contribution is -2.48. The van der Waals surface area contributed by atoms with Gasteiger partial charge in [0, 0.05) is 43.1 Å². The molecule has 2 amide bonds. The van der Waals surface area contributed by atoms with Gasteiger partial charge in [-0.15, -0.1) is 0 Å². The van der Waals surface area contributed by atoms with Crippen molar-refractivity contribution in [1.29, 1.82) is 0 Å². The molecular weight excluding hydrogens is 448 g/mol. The molecule has 1 aliphatic heterocycles. The highest BCUT2D eigenvalue weighted by atomic mass is 32.2. The molecule has 8 heteroatoms. The van der Waals surface area contributed by atoms with Crippen molar-refractivity contribution in [2.24, 2.45) is 0 Å². The highest BCUT2D eigenvalue weighted by Gasteiger charge is 2.22. The molecule has 0 bridgehead atoms. The first-order chi connectivity index (χ1) is 16.7. The third-order valence-corrected chi connectivity index (χ3v) is 6.53. The van der Waals surface area contributed by atoms with E-state index < -0.39 is 0 Å². The van der Waals surface area contributed by atoms with E-state index in [4.69, 9.17) is 4.42 Å². The van der Waals surface area contributed by atoms with Crippen molar-refractivity contribution in [1.82, 2.24) is 9.88 Å². The van der Waals surface area contributed by atoms with Gasteiger partial charge in [0.2, 0.25) is 5.91 Å². The lowest BCUT2D eigenvalue weighted by molar-refractivity contribution is -0.113. The van der Waals surface area contributed by atoms with Gasteiger partial charge in [0.1, 0.15) is 5.52 Å². The van der Waals surface area contributed by atoms with Gasteiger partial charge in [-0.2, -0.15) is 0 Å². The maximum Gasteiger partial charge on any atom is 0.257 e. The fraction of sp³-hybridized carbons (Fsp3) is 0.192. The van der Waals surface area contributed by atoms with Crippen LogP contribution in [0.15, 0.2) is 88.5 Å². The number of amides is 2. The lowest BCUT2D eigenvalue weighted by atomic mass is 10.1. The summed E-state index contributed by atoms with van der Waals surface area (Å²) in [6.07, 6.45) is 0. The molecule has 5 rings (SSSR count). The average molecular weight is 473 g/mol. The Balaban J connectivity index is 1.10. The normalized spacial score (nSPS) is 13.8. The highest BCUT2D eigenvalue weighted by Crippen LogP contribution is 2.24. The van der Waals surface area contributed by atoms with Crippen molar-refractivity contribution < 1.29 is 14.0 Å². The highest BCUT2D eigenvalue weighted by molar-refractivity contribution is 7.99. The fourth-order valence-corrected chi connectivity index (χ4v) is 4.56. The summed E-state index contributed by atoms with van der Waals surface area (Å²) in [6, 6.07) is 24.7. The number of nitrogens with one attached hydrogen (secondary N) is 1. The van der Waals surface area contributed by atoms with Crippen molar-refractivity contribution in [3.63, 3.8) is 0 Å². The zero-order chi connectivity index (χ0) is 23.3. The number of thioether (sulfide) groups is 1. The van der Waals surface area contributed by atoms with Crippen molar-refractivity contribution in [3.8, 4) is 0 Å². The van der Waals surface area contributed by atoms with Gasteiger partial charge in [0.25, 0.3) is 11.1 Å². The second kappa shape index (κ2) is 10.0. The van der Waals surface area contributed by atoms with Gasteiger partial charge in [0.15, 0.2) is 5.58 Å². The summed E-state index contributed by atoms with van der Waals surface area (Å²) in [6.45, 7) is 2.90. The van der Waals surface area contributed by atoms with Gasteiger partial charge in [-0.25, -0.2) is 4.98 Å². The van der Waals surface area contributed by atoms with E-state index in [1.165, 1.54) is 11.8 Å². The number of para-hydroxylation sites is 2. The largest absolute Gasteiger partial charge is 0.431 e. The number of nitrogens with zero attached hydrogens (tertiary/aromatic N) is 3. The van der Waals surface area contributed by atoms with Crippen LogP contribution in [0.5, 0.6) is 0 Å². The van der Waals surface area contributed by atoms with Gasteiger partial charge < -0.3 is 19.5 Å². The van der Waals surface area contributed by atoms with E-state index in [9.17, 15) is 9.59 Å². The van der Waals surface area contributed by atoms with Crippen molar-refractivity contribution in [3.05, 3.63) is 84.4 Å². The summed E-state index contributed by atoms with van der Waals surface area (Å²) in [5, 5.41) is 3.40. The summed E-state index contributed by atoms with van der Waals surface area (Å²) >= 11 is 1.27. The van der Waals surface area contributed by atoms with Crippen LogP contribution in [-0.2, 0) is 4.79 Å². The smallest absolute Gasteiger partial charge is 0.257 e. The minimum Gasteiger partial charge on any atom is -0.431 e. The second-order valence-electron chi connectivity index (χ2n) is 7.98. The topological polar surface area (TPSA) is 78.7 Å². The molecule has 1 aliphatic rings. The number of aromatic nitrogens is 1. The van der Waals surface area contributed by atoms with Gasteiger partial charge >= 0.3 is 0 Å². The number of rotatable bonds is 6. The molecule has 1 fully saturated rings. The van der Waals surface area contributed by atoms with Crippen LogP contribution in [0.2, 0.25) is 0 Å². The first-order valence-electron chi connectivity index (χ1n) is 11.1. The predicted molar refractivity (Wildman–Crippen MR) is 134 cm³/mol. The predicted octanol–water partition coefficient (Wildman–Crippen LogP) is 4.52. The molecule has 0 aliphatic carbocycles. The quantitative estimate of drug-likeness (QED) is 0.416. The number of anilines is 2. The molecule has 0 spiro atoms. The van der Waals surface area contributed by atoms with Crippen LogP contribution in [0, 0.1) is 0 Å². The third-order valence-electron chi connectivity index (χ3n) is 5.70. The number of piperazine rings is 1. The molecule has 4 aromatic rings. The molecule has 0 atom stereocenters. The molecule has 7 nitrogen and oxygen atoms in total. The van der Waals surface area contributed by atoms with E-state index in [-0.39, 0.29) is 17.6 Å². The molecule has 0 saturated carbocycles. The molecular formula is C26H24N4O3S. The van der Waals surface area contributed by atoms with E-state index in [0.29, 0.717) is 23.9 Å². The number of oxazole rings is 1. The first-order valence-corrected chi connectivity index (χ1v) is 12.1. The molecule has 172 valence electrons. The number of benzene rings is 3. The van der Waals surface area contributed by atoms with E-state index in [2.05, 4.69) is 15.2 Å². The zero-order valence-electron chi connectivity index (χ0n) is 18.5. The Morgan fingerprint density at radius 3 is 2.32 bits per heavy atom. The van der Waals surface area contributed by atoms with E-state index in [1.807, 2.05) is 83.8 Å². The Morgan fingerprint density at radius 1 is 0.882 bits per heavy atom. The molecule has 34 heavy (non-hydrogen) atoms. The zero-order valence-corrected chi connectivity index (χ0v) is 19.3. The van der Waals surface area contributed by atoms with Gasteiger partial charge in [-0.3, -0.25) is 9.59 Å². The molecule has 0 unspecified atom stereocenters. The summed E-state index contributed by atoms with van der Waals surface area (Å²) in [5.41, 5.74) is 4.04. The number of carbonyl (C=O) groups is 2. The van der Waals surface area contributed by atoms with Crippen LogP contribution in [0.3, 0.4) is 0 Å². The minimum absolute atomic E-state index is 0.0778. The van der Waals surface area contributed by atoms with Crippen molar-refractivity contribution in [2.75, 3.05) is 42.1 Å². The molecule has 1 N–H and O–H groups in total. The van der Waals surface area contributed by atoms with Crippen LogP contribution < -0.4 is 10.2 Å². The molecule has 2 heterocycles.